The lowest BCUT2D eigenvalue weighted by molar-refractivity contribution is -0.132. The number of para-hydroxylation sites is 1. The molecule has 0 saturated carbocycles. The number of piperazine rings is 1. The molecule has 0 unspecified atom stereocenters. The van der Waals surface area contributed by atoms with Crippen molar-refractivity contribution in [2.45, 2.75) is 45.7 Å². The van der Waals surface area contributed by atoms with Crippen LogP contribution in [0, 0.1) is 0 Å². The minimum absolute atomic E-state index is 0.0461. The van der Waals surface area contributed by atoms with Crippen molar-refractivity contribution in [1.29, 1.82) is 0 Å². The number of hydrogen-bond acceptors (Lipinski definition) is 4. The molecule has 0 aromatic heterocycles. The Morgan fingerprint density at radius 2 is 1.74 bits per heavy atom. The van der Waals surface area contributed by atoms with E-state index < -0.39 is 0 Å². The third-order valence-electron chi connectivity index (χ3n) is 5.26. The summed E-state index contributed by atoms with van der Waals surface area (Å²) in [7, 11) is 0. The summed E-state index contributed by atoms with van der Waals surface area (Å²) in [6, 6.07) is 8.71. The fourth-order valence-electron chi connectivity index (χ4n) is 3.93. The molecule has 2 heterocycles. The minimum atomic E-state index is -0.211. The Morgan fingerprint density at radius 3 is 2.41 bits per heavy atom. The Balaban J connectivity index is 1.49. The number of benzene rings is 1. The van der Waals surface area contributed by atoms with Gasteiger partial charge in [0.2, 0.25) is 11.8 Å². The summed E-state index contributed by atoms with van der Waals surface area (Å²) in [5, 5.41) is 3.00. The number of rotatable bonds is 4. The lowest BCUT2D eigenvalue weighted by atomic mass is 10.1. The first-order valence-corrected chi connectivity index (χ1v) is 9.88. The summed E-state index contributed by atoms with van der Waals surface area (Å²) in [5.41, 5.74) is 2.31. The zero-order chi connectivity index (χ0) is 19.6. The van der Waals surface area contributed by atoms with Gasteiger partial charge in [-0.2, -0.15) is 0 Å². The van der Waals surface area contributed by atoms with Crippen molar-refractivity contribution in [1.82, 2.24) is 15.1 Å². The number of anilines is 1. The van der Waals surface area contributed by atoms with E-state index in [4.69, 9.17) is 0 Å². The number of carbonyl (C=O) groups excluding carboxylic acids is 2. The van der Waals surface area contributed by atoms with Gasteiger partial charge in [-0.05, 0) is 45.7 Å². The maximum absolute atomic E-state index is 12.8. The van der Waals surface area contributed by atoms with Crippen LogP contribution in [0.2, 0.25) is 0 Å². The first-order chi connectivity index (χ1) is 12.7. The average molecular weight is 373 g/mol. The molecule has 0 aliphatic carbocycles. The van der Waals surface area contributed by atoms with Gasteiger partial charge in [-0.25, -0.2) is 0 Å². The van der Waals surface area contributed by atoms with E-state index in [0.29, 0.717) is 32.2 Å². The van der Waals surface area contributed by atoms with Gasteiger partial charge in [0.05, 0.1) is 13.1 Å². The Bertz CT molecular complexity index is 690. The molecule has 2 amide bonds. The first-order valence-electron chi connectivity index (χ1n) is 9.88. The first kappa shape index (κ1) is 19.7. The van der Waals surface area contributed by atoms with E-state index in [9.17, 15) is 9.59 Å². The summed E-state index contributed by atoms with van der Waals surface area (Å²) in [6.45, 7) is 11.8. The lowest BCUT2D eigenvalue weighted by Gasteiger charge is -2.36. The Morgan fingerprint density at radius 1 is 1.07 bits per heavy atom. The number of amides is 2. The molecule has 1 aromatic rings. The van der Waals surface area contributed by atoms with Crippen LogP contribution in [0.4, 0.5) is 5.69 Å². The van der Waals surface area contributed by atoms with Gasteiger partial charge < -0.3 is 15.1 Å². The van der Waals surface area contributed by atoms with Crippen molar-refractivity contribution in [3.63, 3.8) is 0 Å². The zero-order valence-electron chi connectivity index (χ0n) is 17.0. The van der Waals surface area contributed by atoms with Crippen molar-refractivity contribution in [3.8, 4) is 0 Å². The third kappa shape index (κ3) is 5.01. The van der Waals surface area contributed by atoms with Gasteiger partial charge in [0.1, 0.15) is 0 Å². The standard InChI is InChI=1S/C21H32N4O2/c1-16-13-17-7-5-6-8-18(17)25(16)15-20(27)24-11-9-23(10-12-24)14-19(26)22-21(2,3)4/h5-8,16H,9-15H2,1-4H3,(H,22,26)/t16-/m0/s1. The maximum atomic E-state index is 12.8. The molecule has 1 fully saturated rings. The second kappa shape index (κ2) is 7.89. The van der Waals surface area contributed by atoms with Crippen LogP contribution in [0.25, 0.3) is 0 Å². The molecule has 27 heavy (non-hydrogen) atoms. The molecule has 0 bridgehead atoms. The highest BCUT2D eigenvalue weighted by atomic mass is 16.2. The number of nitrogens with one attached hydrogen (secondary N) is 1. The number of carbonyl (C=O) groups is 2. The summed E-state index contributed by atoms with van der Waals surface area (Å²) < 4.78 is 0. The molecule has 1 aromatic carbocycles. The molecule has 0 spiro atoms. The van der Waals surface area contributed by atoms with E-state index in [1.54, 1.807) is 0 Å². The molecule has 6 heteroatoms. The van der Waals surface area contributed by atoms with Crippen LogP contribution in [0.3, 0.4) is 0 Å². The molecule has 1 N–H and O–H groups in total. The Labute approximate surface area is 162 Å². The second-order valence-corrected chi connectivity index (χ2v) is 8.76. The van der Waals surface area contributed by atoms with Crippen molar-refractivity contribution < 1.29 is 9.59 Å². The third-order valence-corrected chi connectivity index (χ3v) is 5.26. The van der Waals surface area contributed by atoms with Gasteiger partial charge in [-0.15, -0.1) is 0 Å². The van der Waals surface area contributed by atoms with Gasteiger partial charge in [-0.1, -0.05) is 18.2 Å². The van der Waals surface area contributed by atoms with E-state index >= 15 is 0 Å². The molecule has 1 atom stereocenters. The normalized spacial score (nSPS) is 20.5. The molecular formula is C21H32N4O2. The van der Waals surface area contributed by atoms with Crippen LogP contribution in [0.15, 0.2) is 24.3 Å². The van der Waals surface area contributed by atoms with Crippen molar-refractivity contribution in [2.24, 2.45) is 0 Å². The highest BCUT2D eigenvalue weighted by molar-refractivity contribution is 5.83. The Kier molecular flexibility index (Phi) is 5.75. The van der Waals surface area contributed by atoms with Crippen LogP contribution >= 0.6 is 0 Å². The molecule has 3 rings (SSSR count). The summed E-state index contributed by atoms with van der Waals surface area (Å²) in [4.78, 5) is 31.2. The predicted molar refractivity (Wildman–Crippen MR) is 108 cm³/mol. The molecule has 0 radical (unpaired) electrons. The van der Waals surface area contributed by atoms with Crippen molar-refractivity contribution in [2.75, 3.05) is 44.2 Å². The van der Waals surface area contributed by atoms with Gasteiger partial charge in [0, 0.05) is 43.4 Å². The highest BCUT2D eigenvalue weighted by Gasteiger charge is 2.30. The monoisotopic (exact) mass is 372 g/mol. The fourth-order valence-corrected chi connectivity index (χ4v) is 3.93. The highest BCUT2D eigenvalue weighted by Crippen LogP contribution is 2.31. The lowest BCUT2D eigenvalue weighted by Crippen LogP contribution is -2.54. The van der Waals surface area contributed by atoms with Gasteiger partial charge in [0.15, 0.2) is 0 Å². The smallest absolute Gasteiger partial charge is 0.242 e. The van der Waals surface area contributed by atoms with Gasteiger partial charge >= 0.3 is 0 Å². The zero-order valence-corrected chi connectivity index (χ0v) is 17.0. The molecule has 6 nitrogen and oxygen atoms in total. The van der Waals surface area contributed by atoms with E-state index in [2.05, 4.69) is 40.2 Å². The fraction of sp³-hybridized carbons (Fsp3) is 0.619. The van der Waals surface area contributed by atoms with E-state index in [-0.39, 0.29) is 17.4 Å². The average Bonchev–Trinajstić information content (AvgIpc) is 2.89. The predicted octanol–water partition coefficient (Wildman–Crippen LogP) is 1.50. The minimum Gasteiger partial charge on any atom is -0.359 e. The Hall–Kier alpha value is -2.08. The van der Waals surface area contributed by atoms with Crippen molar-refractivity contribution >= 4 is 17.5 Å². The second-order valence-electron chi connectivity index (χ2n) is 8.76. The van der Waals surface area contributed by atoms with Crippen molar-refractivity contribution in [3.05, 3.63) is 29.8 Å². The van der Waals surface area contributed by atoms with Gasteiger partial charge in [-0.3, -0.25) is 14.5 Å². The molecular weight excluding hydrogens is 340 g/mol. The topological polar surface area (TPSA) is 55.9 Å². The number of hydrogen-bond donors (Lipinski definition) is 1. The van der Waals surface area contributed by atoms with E-state index in [1.807, 2.05) is 31.7 Å². The van der Waals surface area contributed by atoms with Crippen LogP contribution < -0.4 is 10.2 Å². The number of nitrogens with zero attached hydrogens (tertiary/aromatic N) is 3. The van der Waals surface area contributed by atoms with Crippen LogP contribution in [0.1, 0.15) is 33.3 Å². The summed E-state index contributed by atoms with van der Waals surface area (Å²) >= 11 is 0. The van der Waals surface area contributed by atoms with Crippen LogP contribution in [-0.4, -0.2) is 72.5 Å². The summed E-state index contributed by atoms with van der Waals surface area (Å²) in [6.07, 6.45) is 1.00. The quantitative estimate of drug-likeness (QED) is 0.870. The number of fused-ring (bicyclic) bond motifs is 1. The SMILES string of the molecule is C[C@H]1Cc2ccccc2N1CC(=O)N1CCN(CC(=O)NC(C)(C)C)CC1. The molecule has 2 aliphatic heterocycles. The summed E-state index contributed by atoms with van der Waals surface area (Å²) in [5.74, 6) is 0.224. The molecule has 1 saturated heterocycles. The largest absolute Gasteiger partial charge is 0.359 e. The maximum Gasteiger partial charge on any atom is 0.242 e. The van der Waals surface area contributed by atoms with Gasteiger partial charge in [0.25, 0.3) is 0 Å². The molecule has 148 valence electrons. The molecule has 2 aliphatic rings. The van der Waals surface area contributed by atoms with E-state index in [1.165, 1.54) is 11.3 Å². The van der Waals surface area contributed by atoms with Crippen LogP contribution in [-0.2, 0) is 16.0 Å². The van der Waals surface area contributed by atoms with Crippen LogP contribution in [0.5, 0.6) is 0 Å². The van der Waals surface area contributed by atoms with E-state index in [0.717, 1.165) is 19.5 Å².